The highest BCUT2D eigenvalue weighted by molar-refractivity contribution is 6.34. The third kappa shape index (κ3) is 5.14. The summed E-state index contributed by atoms with van der Waals surface area (Å²) in [5.74, 6) is -0.666. The number of carboxylic acids is 1. The third-order valence-corrected chi connectivity index (χ3v) is 2.48. The minimum absolute atomic E-state index is 0.237. The van der Waals surface area contributed by atoms with Gasteiger partial charge in [0.15, 0.2) is 5.78 Å². The average molecular weight is 283 g/mol. The molecule has 0 heterocycles. The zero-order chi connectivity index (χ0) is 14.4. The highest BCUT2D eigenvalue weighted by Gasteiger charge is 2.09. The Balaban J connectivity index is 2.82. The summed E-state index contributed by atoms with van der Waals surface area (Å²) in [5.41, 5.74) is 0.246. The van der Waals surface area contributed by atoms with Gasteiger partial charge in [0.05, 0.1) is 11.6 Å². The molecule has 0 bridgehead atoms. The summed E-state index contributed by atoms with van der Waals surface area (Å²) in [6.45, 7) is 4.61. The first-order valence-electron chi connectivity index (χ1n) is 5.78. The van der Waals surface area contributed by atoms with E-state index in [1.807, 2.05) is 13.8 Å². The van der Waals surface area contributed by atoms with Gasteiger partial charge in [0.1, 0.15) is 5.75 Å². The van der Waals surface area contributed by atoms with E-state index in [9.17, 15) is 9.59 Å². The first-order valence-corrected chi connectivity index (χ1v) is 6.15. The number of ketones is 1. The largest absolute Gasteiger partial charge is 0.493 e. The fourth-order valence-corrected chi connectivity index (χ4v) is 1.55. The summed E-state index contributed by atoms with van der Waals surface area (Å²) in [4.78, 5) is 22.0. The van der Waals surface area contributed by atoms with Crippen molar-refractivity contribution in [2.45, 2.75) is 13.8 Å². The predicted molar refractivity (Wildman–Crippen MR) is 72.9 cm³/mol. The monoisotopic (exact) mass is 282 g/mol. The Morgan fingerprint density at radius 1 is 1.37 bits per heavy atom. The molecule has 0 amide bonds. The number of aliphatic carboxylic acids is 1. The van der Waals surface area contributed by atoms with Gasteiger partial charge in [-0.15, -0.1) is 0 Å². The lowest BCUT2D eigenvalue weighted by molar-refractivity contribution is -0.131. The van der Waals surface area contributed by atoms with Crippen molar-refractivity contribution in [3.05, 3.63) is 40.9 Å². The molecule has 0 radical (unpaired) electrons. The second-order valence-corrected chi connectivity index (χ2v) is 4.79. The Kier molecular flexibility index (Phi) is 5.57. The molecule has 4 nitrogen and oxygen atoms in total. The summed E-state index contributed by atoms with van der Waals surface area (Å²) in [5, 5.41) is 8.69. The molecule has 0 aliphatic carbocycles. The second kappa shape index (κ2) is 6.95. The molecular formula is C14H15ClO4. The fraction of sp³-hybridized carbons (Fsp3) is 0.286. The number of carbonyl (C=O) groups is 2. The number of allylic oxidation sites excluding steroid dienone is 1. The van der Waals surface area contributed by atoms with Crippen molar-refractivity contribution in [1.29, 1.82) is 0 Å². The smallest absolute Gasteiger partial charge is 0.328 e. The van der Waals surface area contributed by atoms with Crippen LogP contribution in [0.3, 0.4) is 0 Å². The van der Waals surface area contributed by atoms with Crippen LogP contribution in [0.2, 0.25) is 5.02 Å². The zero-order valence-corrected chi connectivity index (χ0v) is 11.5. The van der Waals surface area contributed by atoms with Crippen molar-refractivity contribution in [3.8, 4) is 5.75 Å². The molecule has 5 heteroatoms. The van der Waals surface area contributed by atoms with Gasteiger partial charge in [-0.05, 0) is 30.2 Å². The molecule has 0 saturated heterocycles. The maximum absolute atomic E-state index is 11.7. The van der Waals surface area contributed by atoms with E-state index in [2.05, 4.69) is 0 Å². The van der Waals surface area contributed by atoms with Crippen LogP contribution in [0.4, 0.5) is 0 Å². The molecule has 1 N–H and O–H groups in total. The van der Waals surface area contributed by atoms with E-state index in [0.717, 1.165) is 12.2 Å². The van der Waals surface area contributed by atoms with Crippen LogP contribution in [0.25, 0.3) is 0 Å². The minimum atomic E-state index is -1.18. The molecule has 0 atom stereocenters. The molecule has 102 valence electrons. The molecule has 1 rings (SSSR count). The van der Waals surface area contributed by atoms with Crippen molar-refractivity contribution in [1.82, 2.24) is 0 Å². The van der Waals surface area contributed by atoms with Gasteiger partial charge in [0, 0.05) is 11.6 Å². The molecular weight excluding hydrogens is 268 g/mol. The van der Waals surface area contributed by atoms with Crippen molar-refractivity contribution in [3.63, 3.8) is 0 Å². The number of hydrogen-bond donors (Lipinski definition) is 1. The Hall–Kier alpha value is -1.81. The van der Waals surface area contributed by atoms with Crippen LogP contribution in [0.15, 0.2) is 30.4 Å². The number of carbonyl (C=O) groups excluding carboxylic acids is 1. The maximum Gasteiger partial charge on any atom is 0.328 e. The van der Waals surface area contributed by atoms with Crippen LogP contribution < -0.4 is 4.74 Å². The number of benzene rings is 1. The molecule has 1 aromatic rings. The molecule has 0 aliphatic rings. The zero-order valence-electron chi connectivity index (χ0n) is 10.7. The van der Waals surface area contributed by atoms with E-state index in [4.69, 9.17) is 21.4 Å². The minimum Gasteiger partial charge on any atom is -0.493 e. The summed E-state index contributed by atoms with van der Waals surface area (Å²) < 4.78 is 5.47. The van der Waals surface area contributed by atoms with E-state index >= 15 is 0 Å². The Labute approximate surface area is 116 Å². The van der Waals surface area contributed by atoms with Crippen LogP contribution >= 0.6 is 11.6 Å². The van der Waals surface area contributed by atoms with Gasteiger partial charge in [0.25, 0.3) is 0 Å². The van der Waals surface area contributed by atoms with E-state index in [-0.39, 0.29) is 10.6 Å². The van der Waals surface area contributed by atoms with E-state index in [1.165, 1.54) is 6.07 Å². The summed E-state index contributed by atoms with van der Waals surface area (Å²) in [6.07, 6.45) is 1.75. The Morgan fingerprint density at radius 3 is 2.58 bits per heavy atom. The number of ether oxygens (including phenoxy) is 1. The Morgan fingerprint density at radius 2 is 2.05 bits per heavy atom. The lowest BCUT2D eigenvalue weighted by Gasteiger charge is -2.09. The fourth-order valence-electron chi connectivity index (χ4n) is 1.29. The van der Waals surface area contributed by atoms with Crippen molar-refractivity contribution >= 4 is 23.4 Å². The van der Waals surface area contributed by atoms with E-state index in [1.54, 1.807) is 12.1 Å². The summed E-state index contributed by atoms with van der Waals surface area (Å²) in [7, 11) is 0. The second-order valence-electron chi connectivity index (χ2n) is 4.38. The quantitative estimate of drug-likeness (QED) is 0.643. The van der Waals surface area contributed by atoms with Crippen LogP contribution in [-0.4, -0.2) is 23.5 Å². The lowest BCUT2D eigenvalue weighted by atomic mass is 10.1. The highest BCUT2D eigenvalue weighted by Crippen LogP contribution is 2.23. The maximum atomic E-state index is 11.7. The van der Waals surface area contributed by atoms with Crippen molar-refractivity contribution < 1.29 is 19.4 Å². The average Bonchev–Trinajstić information content (AvgIpc) is 2.33. The first kappa shape index (κ1) is 15.2. The van der Waals surface area contributed by atoms with Gasteiger partial charge in [0.2, 0.25) is 0 Å². The van der Waals surface area contributed by atoms with Crippen molar-refractivity contribution in [2.75, 3.05) is 6.61 Å². The van der Waals surface area contributed by atoms with Crippen LogP contribution in [-0.2, 0) is 4.79 Å². The first-order chi connectivity index (χ1) is 8.90. The molecule has 1 aromatic carbocycles. The van der Waals surface area contributed by atoms with Gasteiger partial charge in [-0.25, -0.2) is 4.79 Å². The number of rotatable bonds is 6. The van der Waals surface area contributed by atoms with Crippen LogP contribution in [0, 0.1) is 5.92 Å². The van der Waals surface area contributed by atoms with Crippen molar-refractivity contribution in [2.24, 2.45) is 5.92 Å². The normalized spacial score (nSPS) is 10.9. The standard InChI is InChI=1S/C14H15ClO4/c1-9(2)8-19-10-3-4-11(12(15)7-10)13(16)5-6-14(17)18/h3-7,9H,8H2,1-2H3,(H,17,18)/b6-5+. The highest BCUT2D eigenvalue weighted by atomic mass is 35.5. The SMILES string of the molecule is CC(C)COc1ccc(C(=O)/C=C/C(=O)O)c(Cl)c1. The molecule has 0 aliphatic heterocycles. The number of carboxylic acid groups (broad SMARTS) is 1. The molecule has 0 aromatic heterocycles. The molecule has 0 spiro atoms. The molecule has 0 unspecified atom stereocenters. The predicted octanol–water partition coefficient (Wildman–Crippen LogP) is 3.20. The molecule has 0 fully saturated rings. The van der Waals surface area contributed by atoms with Gasteiger partial charge in [-0.1, -0.05) is 25.4 Å². The summed E-state index contributed by atoms with van der Waals surface area (Å²) in [6, 6.07) is 4.70. The van der Waals surface area contributed by atoms with Gasteiger partial charge < -0.3 is 9.84 Å². The van der Waals surface area contributed by atoms with Gasteiger partial charge >= 0.3 is 5.97 Å². The molecule has 19 heavy (non-hydrogen) atoms. The van der Waals surface area contributed by atoms with E-state index in [0.29, 0.717) is 18.3 Å². The Bertz CT molecular complexity index is 506. The van der Waals surface area contributed by atoms with E-state index < -0.39 is 11.8 Å². The number of halogens is 1. The lowest BCUT2D eigenvalue weighted by Crippen LogP contribution is -2.05. The van der Waals surface area contributed by atoms with Gasteiger partial charge in [-0.2, -0.15) is 0 Å². The topological polar surface area (TPSA) is 63.6 Å². The van der Waals surface area contributed by atoms with Crippen LogP contribution in [0.5, 0.6) is 5.75 Å². The summed E-state index contributed by atoms with van der Waals surface area (Å²) >= 11 is 5.97. The number of hydrogen-bond acceptors (Lipinski definition) is 3. The molecule has 0 saturated carbocycles. The van der Waals surface area contributed by atoms with Crippen LogP contribution in [0.1, 0.15) is 24.2 Å². The third-order valence-electron chi connectivity index (χ3n) is 2.17. The van der Waals surface area contributed by atoms with Gasteiger partial charge in [-0.3, -0.25) is 4.79 Å².